The highest BCUT2D eigenvalue weighted by Gasteiger charge is 2.40. The molecule has 0 aliphatic rings. The molecule has 41 heavy (non-hydrogen) atoms. The summed E-state index contributed by atoms with van der Waals surface area (Å²) in [6, 6.07) is 0.962. The molecule has 0 aromatic rings. The van der Waals surface area contributed by atoms with Crippen molar-refractivity contribution in [1.82, 2.24) is 0 Å². The van der Waals surface area contributed by atoms with Crippen molar-refractivity contribution in [1.29, 1.82) is 0 Å². The molecule has 1 atom stereocenters. The molecule has 0 aromatic heterocycles. The number of hydrogen-bond acceptors (Lipinski definition) is 11. The first kappa shape index (κ1) is 41.2. The second-order valence-corrected chi connectivity index (χ2v) is 21.3. The topological polar surface area (TPSA) is 113 Å². The summed E-state index contributed by atoms with van der Waals surface area (Å²) in [5, 5.41) is 8.58. The standard InChI is InChI=1S/C27H61O11Si3/c1-27(2)40(5,6)38-41(7,37-39(3)4)26-8-10-29-12-14-31-16-18-33-20-22-35-24-25-36-23-21-34-19-17-32-15-13-30-11-9-28/h27-28H,8-26H2,1-7H3. The van der Waals surface area contributed by atoms with Crippen molar-refractivity contribution in [2.45, 2.75) is 64.6 Å². The van der Waals surface area contributed by atoms with Crippen LogP contribution in [0.3, 0.4) is 0 Å². The average Bonchev–Trinajstić information content (AvgIpc) is 2.89. The molecule has 0 amide bonds. The number of aliphatic hydroxyl groups excluding tert-OH is 1. The molecule has 0 rings (SSSR count). The first-order chi connectivity index (χ1) is 19.6. The van der Waals surface area contributed by atoms with Crippen molar-refractivity contribution in [3.05, 3.63) is 0 Å². The predicted molar refractivity (Wildman–Crippen MR) is 167 cm³/mol. The summed E-state index contributed by atoms with van der Waals surface area (Å²) in [6.45, 7) is 24.1. The van der Waals surface area contributed by atoms with E-state index in [0.717, 1.165) is 12.5 Å². The quantitative estimate of drug-likeness (QED) is 0.0857. The lowest BCUT2D eigenvalue weighted by molar-refractivity contribution is -0.0238. The van der Waals surface area contributed by atoms with Gasteiger partial charge in [-0.15, -0.1) is 0 Å². The number of aliphatic hydroxyl groups is 1. The molecular weight excluding hydrogens is 585 g/mol. The summed E-state index contributed by atoms with van der Waals surface area (Å²) < 4.78 is 56.8. The fraction of sp³-hybridized carbons (Fsp3) is 1.00. The van der Waals surface area contributed by atoms with Crippen molar-refractivity contribution < 1.29 is 51.2 Å². The number of rotatable bonds is 32. The smallest absolute Gasteiger partial charge is 0.314 e. The van der Waals surface area contributed by atoms with Gasteiger partial charge in [-0.25, -0.2) is 0 Å². The van der Waals surface area contributed by atoms with Crippen molar-refractivity contribution in [2.75, 3.05) is 112 Å². The van der Waals surface area contributed by atoms with Crippen LogP contribution in [0.1, 0.15) is 20.3 Å². The molecule has 0 spiro atoms. The molecule has 0 aliphatic carbocycles. The van der Waals surface area contributed by atoms with Crippen LogP contribution in [0.25, 0.3) is 0 Å². The molecule has 0 aliphatic heterocycles. The minimum atomic E-state index is -2.19. The van der Waals surface area contributed by atoms with E-state index < -0.39 is 25.9 Å². The lowest BCUT2D eigenvalue weighted by Gasteiger charge is -2.39. The third kappa shape index (κ3) is 27.5. The third-order valence-corrected chi connectivity index (χ3v) is 17.3. The SMILES string of the molecule is CC(C)[Si](C)(C)O[Si](C)(CCCOCCOCCOCCOCCOCCOCCOCCOCCO)O[Si](C)C. The van der Waals surface area contributed by atoms with Gasteiger partial charge in [0.15, 0.2) is 17.4 Å². The molecule has 0 bridgehead atoms. The first-order valence-electron chi connectivity index (χ1n) is 15.0. The van der Waals surface area contributed by atoms with E-state index >= 15 is 0 Å². The lowest BCUT2D eigenvalue weighted by Crippen LogP contribution is -2.51. The fourth-order valence-corrected chi connectivity index (χ4v) is 14.4. The van der Waals surface area contributed by atoms with Gasteiger partial charge in [-0.05, 0) is 50.7 Å². The number of ether oxygens (including phenoxy) is 8. The first-order valence-corrected chi connectivity index (χ1v) is 23.0. The molecular formula is C27H61O11Si3. The van der Waals surface area contributed by atoms with E-state index in [4.69, 9.17) is 51.2 Å². The summed E-state index contributed by atoms with van der Waals surface area (Å²) in [4.78, 5) is 0. The van der Waals surface area contributed by atoms with Crippen LogP contribution in [0.5, 0.6) is 0 Å². The minimum absolute atomic E-state index is 0.0299. The Morgan fingerprint density at radius 3 is 1.15 bits per heavy atom. The van der Waals surface area contributed by atoms with E-state index in [1.807, 2.05) is 0 Å². The zero-order valence-electron chi connectivity index (χ0n) is 27.0. The Kier molecular flexibility index (Phi) is 27.9. The normalized spacial score (nSPS) is 13.9. The number of hydrogen-bond donors (Lipinski definition) is 1. The fourth-order valence-electron chi connectivity index (χ4n) is 3.43. The van der Waals surface area contributed by atoms with Gasteiger partial charge in [-0.1, -0.05) is 13.8 Å². The van der Waals surface area contributed by atoms with E-state index in [2.05, 4.69) is 46.6 Å². The Bertz CT molecular complexity index is 563. The molecule has 0 fully saturated rings. The maximum Gasteiger partial charge on any atom is 0.314 e. The van der Waals surface area contributed by atoms with Gasteiger partial charge in [0.1, 0.15) is 0 Å². The van der Waals surface area contributed by atoms with Crippen LogP contribution in [-0.4, -0.2) is 143 Å². The summed E-state index contributed by atoms with van der Waals surface area (Å²) >= 11 is 0. The molecule has 247 valence electrons. The van der Waals surface area contributed by atoms with Gasteiger partial charge >= 0.3 is 8.56 Å². The highest BCUT2D eigenvalue weighted by Crippen LogP contribution is 2.29. The van der Waals surface area contributed by atoms with Gasteiger partial charge in [-0.2, -0.15) is 0 Å². The van der Waals surface area contributed by atoms with Crippen LogP contribution >= 0.6 is 0 Å². The van der Waals surface area contributed by atoms with Gasteiger partial charge in [0.2, 0.25) is 0 Å². The second kappa shape index (κ2) is 27.7. The largest absolute Gasteiger partial charge is 0.436 e. The van der Waals surface area contributed by atoms with Crippen LogP contribution in [-0.2, 0) is 46.1 Å². The molecule has 1 radical (unpaired) electrons. The maximum atomic E-state index is 8.58. The third-order valence-electron chi connectivity index (χ3n) is 6.05. The second-order valence-electron chi connectivity index (χ2n) is 10.7. The van der Waals surface area contributed by atoms with Gasteiger partial charge in [-0.3, -0.25) is 0 Å². The molecule has 0 saturated carbocycles. The van der Waals surface area contributed by atoms with Crippen molar-refractivity contribution in [3.8, 4) is 0 Å². The monoisotopic (exact) mass is 645 g/mol. The maximum absolute atomic E-state index is 8.58. The summed E-state index contributed by atoms with van der Waals surface area (Å²) in [7, 11) is -4.75. The van der Waals surface area contributed by atoms with Crippen molar-refractivity contribution in [3.63, 3.8) is 0 Å². The van der Waals surface area contributed by atoms with Crippen LogP contribution in [0.2, 0.25) is 44.3 Å². The van der Waals surface area contributed by atoms with Crippen LogP contribution < -0.4 is 0 Å². The molecule has 11 nitrogen and oxygen atoms in total. The van der Waals surface area contributed by atoms with E-state index in [9.17, 15) is 0 Å². The molecule has 1 N–H and O–H groups in total. The van der Waals surface area contributed by atoms with Crippen LogP contribution in [0, 0.1) is 0 Å². The summed E-state index contributed by atoms with van der Waals surface area (Å²) in [6.07, 6.45) is 0.947. The van der Waals surface area contributed by atoms with E-state index in [-0.39, 0.29) is 6.61 Å². The Morgan fingerprint density at radius 1 is 0.537 bits per heavy atom. The zero-order valence-corrected chi connectivity index (χ0v) is 30.0. The Morgan fingerprint density at radius 2 is 0.854 bits per heavy atom. The molecule has 1 unspecified atom stereocenters. The zero-order chi connectivity index (χ0) is 30.7. The Balaban J connectivity index is 3.45. The van der Waals surface area contributed by atoms with Crippen LogP contribution in [0.4, 0.5) is 0 Å². The molecule has 0 aromatic carbocycles. The lowest BCUT2D eigenvalue weighted by atomic mass is 10.5. The van der Waals surface area contributed by atoms with E-state index in [1.54, 1.807) is 0 Å². The highest BCUT2D eigenvalue weighted by atomic mass is 28.5. The van der Waals surface area contributed by atoms with Gasteiger partial charge < -0.3 is 51.2 Å². The summed E-state index contributed by atoms with van der Waals surface area (Å²) in [5.41, 5.74) is 0.566. The summed E-state index contributed by atoms with van der Waals surface area (Å²) in [5.74, 6) is 0. The van der Waals surface area contributed by atoms with E-state index in [0.29, 0.717) is 111 Å². The Hall–Kier alpha value is 0.211. The highest BCUT2D eigenvalue weighted by molar-refractivity contribution is 6.85. The molecule has 0 saturated heterocycles. The molecule has 14 heteroatoms. The van der Waals surface area contributed by atoms with Gasteiger partial charge in [0.05, 0.1) is 106 Å². The predicted octanol–water partition coefficient (Wildman–Crippen LogP) is 3.47. The van der Waals surface area contributed by atoms with Gasteiger partial charge in [0.25, 0.3) is 0 Å². The van der Waals surface area contributed by atoms with Crippen LogP contribution in [0.15, 0.2) is 0 Å². The molecule has 0 heterocycles. The van der Waals surface area contributed by atoms with Crippen molar-refractivity contribution >= 4 is 25.9 Å². The van der Waals surface area contributed by atoms with E-state index in [1.165, 1.54) is 0 Å². The van der Waals surface area contributed by atoms with Crippen molar-refractivity contribution in [2.24, 2.45) is 0 Å². The minimum Gasteiger partial charge on any atom is -0.436 e. The van der Waals surface area contributed by atoms with Gasteiger partial charge in [0, 0.05) is 6.61 Å². The average molecular weight is 646 g/mol. The Labute approximate surface area is 253 Å².